The standard InChI is InChI=1S/C10H16N2O/c11-12-9(13)8-6-2-1-3-10(4-6)5-7(8)10/h6-8H,1-5,11H2,(H,12,13). The van der Waals surface area contributed by atoms with Crippen LogP contribution in [0.15, 0.2) is 0 Å². The molecule has 1 spiro atoms. The summed E-state index contributed by atoms with van der Waals surface area (Å²) < 4.78 is 0. The number of carbonyl (C=O) groups is 1. The molecule has 72 valence electrons. The zero-order valence-electron chi connectivity index (χ0n) is 7.75. The van der Waals surface area contributed by atoms with Crippen LogP contribution >= 0.6 is 0 Å². The first-order valence-electron chi connectivity index (χ1n) is 5.27. The highest BCUT2D eigenvalue weighted by Crippen LogP contribution is 2.73. The number of hydrogen-bond acceptors (Lipinski definition) is 2. The third kappa shape index (κ3) is 0.857. The molecule has 3 N–H and O–H groups in total. The number of nitrogens with two attached hydrogens (primary N) is 1. The van der Waals surface area contributed by atoms with Gasteiger partial charge in [0.05, 0.1) is 0 Å². The van der Waals surface area contributed by atoms with Crippen LogP contribution in [0, 0.1) is 23.2 Å². The second-order valence-electron chi connectivity index (χ2n) is 5.06. The van der Waals surface area contributed by atoms with Crippen molar-refractivity contribution in [3.8, 4) is 0 Å². The number of hydrazine groups is 1. The third-order valence-corrected chi connectivity index (χ3v) is 4.56. The molecule has 4 unspecified atom stereocenters. The van der Waals surface area contributed by atoms with Crippen molar-refractivity contribution in [1.29, 1.82) is 0 Å². The Morgan fingerprint density at radius 1 is 1.46 bits per heavy atom. The average molecular weight is 180 g/mol. The molecular formula is C10H16N2O. The van der Waals surface area contributed by atoms with Crippen LogP contribution in [0.3, 0.4) is 0 Å². The smallest absolute Gasteiger partial charge is 0.237 e. The fourth-order valence-corrected chi connectivity index (χ4v) is 3.98. The van der Waals surface area contributed by atoms with Crippen LogP contribution in [0.4, 0.5) is 0 Å². The van der Waals surface area contributed by atoms with Gasteiger partial charge in [-0.2, -0.15) is 0 Å². The molecule has 2 bridgehead atoms. The minimum absolute atomic E-state index is 0.0938. The highest BCUT2D eigenvalue weighted by Gasteiger charge is 2.67. The van der Waals surface area contributed by atoms with Crippen LogP contribution in [0.5, 0.6) is 0 Å². The highest BCUT2D eigenvalue weighted by atomic mass is 16.2. The van der Waals surface area contributed by atoms with E-state index >= 15 is 0 Å². The first-order chi connectivity index (χ1) is 6.27. The second-order valence-corrected chi connectivity index (χ2v) is 5.06. The van der Waals surface area contributed by atoms with Crippen molar-refractivity contribution >= 4 is 5.91 Å². The number of carbonyl (C=O) groups excluding carboxylic acids is 1. The van der Waals surface area contributed by atoms with Crippen LogP contribution in [0.1, 0.15) is 32.1 Å². The number of nitrogens with one attached hydrogen (secondary N) is 1. The summed E-state index contributed by atoms with van der Waals surface area (Å²) in [6.45, 7) is 0. The van der Waals surface area contributed by atoms with Gasteiger partial charge >= 0.3 is 0 Å². The van der Waals surface area contributed by atoms with E-state index in [1.54, 1.807) is 0 Å². The van der Waals surface area contributed by atoms with E-state index in [2.05, 4.69) is 5.43 Å². The molecule has 3 fully saturated rings. The monoisotopic (exact) mass is 180 g/mol. The number of fused-ring (bicyclic) bond motifs is 1. The molecule has 3 nitrogen and oxygen atoms in total. The molecule has 0 heterocycles. The molecule has 13 heavy (non-hydrogen) atoms. The van der Waals surface area contributed by atoms with Gasteiger partial charge in [-0.15, -0.1) is 0 Å². The summed E-state index contributed by atoms with van der Waals surface area (Å²) in [7, 11) is 0. The van der Waals surface area contributed by atoms with Crippen LogP contribution in [-0.4, -0.2) is 5.91 Å². The number of amides is 1. The fourth-order valence-electron chi connectivity index (χ4n) is 3.98. The van der Waals surface area contributed by atoms with Crippen molar-refractivity contribution in [3.05, 3.63) is 0 Å². The molecule has 4 atom stereocenters. The fraction of sp³-hybridized carbons (Fsp3) is 0.900. The van der Waals surface area contributed by atoms with Crippen molar-refractivity contribution in [2.75, 3.05) is 0 Å². The van der Waals surface area contributed by atoms with E-state index in [0.717, 1.165) is 0 Å². The maximum Gasteiger partial charge on any atom is 0.237 e. The zero-order chi connectivity index (χ0) is 9.05. The molecule has 3 saturated carbocycles. The largest absolute Gasteiger partial charge is 0.294 e. The minimum atomic E-state index is 0.0938. The van der Waals surface area contributed by atoms with Crippen molar-refractivity contribution in [1.82, 2.24) is 5.43 Å². The Morgan fingerprint density at radius 2 is 2.31 bits per heavy atom. The van der Waals surface area contributed by atoms with Crippen molar-refractivity contribution in [2.45, 2.75) is 32.1 Å². The normalized spacial score (nSPS) is 51.3. The molecule has 0 aliphatic heterocycles. The Labute approximate surface area is 78.0 Å². The van der Waals surface area contributed by atoms with Crippen LogP contribution < -0.4 is 11.3 Å². The molecule has 3 rings (SSSR count). The summed E-state index contributed by atoms with van der Waals surface area (Å²) in [5.41, 5.74) is 2.93. The van der Waals surface area contributed by atoms with Gasteiger partial charge in [0.15, 0.2) is 0 Å². The first-order valence-corrected chi connectivity index (χ1v) is 5.27. The maximum absolute atomic E-state index is 11.6. The quantitative estimate of drug-likeness (QED) is 0.356. The van der Waals surface area contributed by atoms with E-state index < -0.39 is 0 Å². The number of rotatable bonds is 1. The van der Waals surface area contributed by atoms with Crippen LogP contribution in [0.25, 0.3) is 0 Å². The Morgan fingerprint density at radius 3 is 3.00 bits per heavy atom. The van der Waals surface area contributed by atoms with Gasteiger partial charge in [0.1, 0.15) is 0 Å². The summed E-state index contributed by atoms with van der Waals surface area (Å²) in [4.78, 5) is 11.6. The van der Waals surface area contributed by atoms with Gasteiger partial charge in [-0.1, -0.05) is 6.42 Å². The molecule has 3 aliphatic rings. The second kappa shape index (κ2) is 2.27. The van der Waals surface area contributed by atoms with Crippen LogP contribution in [0.2, 0.25) is 0 Å². The highest BCUT2D eigenvalue weighted by molar-refractivity contribution is 5.80. The topological polar surface area (TPSA) is 55.1 Å². The summed E-state index contributed by atoms with van der Waals surface area (Å²) in [6.07, 6.45) is 6.53. The van der Waals surface area contributed by atoms with Gasteiger partial charge in [0, 0.05) is 5.92 Å². The Kier molecular flexibility index (Phi) is 1.36. The lowest BCUT2D eigenvalue weighted by Crippen LogP contribution is -2.38. The molecular weight excluding hydrogens is 164 g/mol. The van der Waals surface area contributed by atoms with Crippen LogP contribution in [-0.2, 0) is 4.79 Å². The van der Waals surface area contributed by atoms with Gasteiger partial charge in [-0.25, -0.2) is 5.84 Å². The predicted molar refractivity (Wildman–Crippen MR) is 48.3 cm³/mol. The number of hydrogen-bond donors (Lipinski definition) is 2. The Bertz CT molecular complexity index is 262. The average Bonchev–Trinajstić information content (AvgIpc) is 2.74. The van der Waals surface area contributed by atoms with E-state index in [-0.39, 0.29) is 11.8 Å². The van der Waals surface area contributed by atoms with Gasteiger partial charge < -0.3 is 0 Å². The molecule has 3 heteroatoms. The molecule has 0 aromatic carbocycles. The third-order valence-electron chi connectivity index (χ3n) is 4.56. The Hall–Kier alpha value is -0.570. The predicted octanol–water partition coefficient (Wildman–Crippen LogP) is 0.803. The van der Waals surface area contributed by atoms with E-state index in [0.29, 0.717) is 17.3 Å². The molecule has 0 radical (unpaired) electrons. The molecule has 3 aliphatic carbocycles. The van der Waals surface area contributed by atoms with Crippen molar-refractivity contribution < 1.29 is 4.79 Å². The summed E-state index contributed by atoms with van der Waals surface area (Å²) in [5.74, 6) is 6.90. The maximum atomic E-state index is 11.6. The van der Waals surface area contributed by atoms with E-state index in [4.69, 9.17) is 5.84 Å². The van der Waals surface area contributed by atoms with Gasteiger partial charge in [0.2, 0.25) is 5.91 Å². The Balaban J connectivity index is 1.86. The lowest BCUT2D eigenvalue weighted by atomic mass is 9.80. The minimum Gasteiger partial charge on any atom is -0.294 e. The summed E-state index contributed by atoms with van der Waals surface area (Å²) >= 11 is 0. The summed E-state index contributed by atoms with van der Waals surface area (Å²) in [5, 5.41) is 0. The summed E-state index contributed by atoms with van der Waals surface area (Å²) in [6, 6.07) is 0. The zero-order valence-corrected chi connectivity index (χ0v) is 7.75. The van der Waals surface area contributed by atoms with E-state index in [9.17, 15) is 4.79 Å². The molecule has 1 amide bonds. The van der Waals surface area contributed by atoms with Gasteiger partial charge in [0.25, 0.3) is 0 Å². The lowest BCUT2D eigenvalue weighted by Gasteiger charge is -2.25. The van der Waals surface area contributed by atoms with Crippen molar-refractivity contribution in [3.63, 3.8) is 0 Å². The van der Waals surface area contributed by atoms with E-state index in [1.807, 2.05) is 0 Å². The molecule has 0 aromatic rings. The first kappa shape index (κ1) is 7.80. The van der Waals surface area contributed by atoms with Crippen molar-refractivity contribution in [2.24, 2.45) is 29.0 Å². The van der Waals surface area contributed by atoms with Gasteiger partial charge in [-0.3, -0.25) is 10.2 Å². The lowest BCUT2D eigenvalue weighted by molar-refractivity contribution is -0.126. The SMILES string of the molecule is NNC(=O)C1C2CCCC3(C2)CC13. The van der Waals surface area contributed by atoms with Gasteiger partial charge in [-0.05, 0) is 42.9 Å². The van der Waals surface area contributed by atoms with E-state index in [1.165, 1.54) is 32.1 Å². The molecule has 0 aromatic heterocycles. The molecule has 0 saturated heterocycles.